The summed E-state index contributed by atoms with van der Waals surface area (Å²) in [6, 6.07) is 13.1. The first-order valence-corrected chi connectivity index (χ1v) is 14.5. The summed E-state index contributed by atoms with van der Waals surface area (Å²) < 4.78 is 0. The molecule has 190 valence electrons. The van der Waals surface area contributed by atoms with Gasteiger partial charge in [-0.2, -0.15) is 0 Å². The molecule has 2 aromatic carbocycles. The minimum absolute atomic E-state index is 0.0791. The zero-order chi connectivity index (χ0) is 24.6. The molecule has 0 saturated heterocycles. The lowest BCUT2D eigenvalue weighted by atomic mass is 9.54. The van der Waals surface area contributed by atoms with Crippen LogP contribution in [0, 0.1) is 11.3 Å². The van der Waals surface area contributed by atoms with E-state index in [1.165, 1.54) is 92.9 Å². The molecule has 35 heavy (non-hydrogen) atoms. The number of rotatable bonds is 4. The lowest BCUT2D eigenvalue weighted by Gasteiger charge is -2.50. The van der Waals surface area contributed by atoms with Crippen molar-refractivity contribution in [2.24, 2.45) is 11.3 Å². The predicted octanol–water partition coefficient (Wildman–Crippen LogP) is 9.33. The Hall–Kier alpha value is -1.96. The molecule has 1 atom stereocenters. The summed E-state index contributed by atoms with van der Waals surface area (Å²) in [7, 11) is 0. The first kappa shape index (κ1) is 24.7. The molecule has 2 nitrogen and oxygen atoms in total. The Bertz CT molecular complexity index is 956. The summed E-state index contributed by atoms with van der Waals surface area (Å²) in [5.74, 6) is 2.60. The number of hydrogen-bond donors (Lipinski definition) is 2. The maximum absolute atomic E-state index is 10.9. The van der Waals surface area contributed by atoms with Crippen molar-refractivity contribution in [3.8, 4) is 11.5 Å². The summed E-state index contributed by atoms with van der Waals surface area (Å²) in [5.41, 5.74) is 5.23. The van der Waals surface area contributed by atoms with Gasteiger partial charge in [-0.1, -0.05) is 83.6 Å². The van der Waals surface area contributed by atoms with Gasteiger partial charge in [-0.05, 0) is 103 Å². The highest BCUT2D eigenvalue weighted by Gasteiger charge is 2.46. The van der Waals surface area contributed by atoms with Gasteiger partial charge in [0.15, 0.2) is 0 Å². The van der Waals surface area contributed by atoms with E-state index in [4.69, 9.17) is 0 Å². The van der Waals surface area contributed by atoms with Crippen LogP contribution in [0.15, 0.2) is 36.4 Å². The zero-order valence-corrected chi connectivity index (χ0v) is 22.3. The molecule has 3 fully saturated rings. The van der Waals surface area contributed by atoms with Crippen molar-refractivity contribution in [2.45, 2.75) is 121 Å². The van der Waals surface area contributed by atoms with Crippen molar-refractivity contribution in [2.75, 3.05) is 0 Å². The Labute approximate surface area is 213 Å². The fourth-order valence-electron chi connectivity index (χ4n) is 7.74. The SMILES string of the molecule is CC1CCC(c2ccc(O)c(C3CCCCC3)c2)(c2ccc(O)c(C3CCCCC3)c2)CC1(C)C. The van der Waals surface area contributed by atoms with Crippen LogP contribution in [0.25, 0.3) is 0 Å². The molecule has 0 spiro atoms. The monoisotopic (exact) mass is 474 g/mol. The van der Waals surface area contributed by atoms with Crippen LogP contribution in [0.1, 0.15) is 138 Å². The molecule has 1 unspecified atom stereocenters. The summed E-state index contributed by atoms with van der Waals surface area (Å²) in [4.78, 5) is 0. The lowest BCUT2D eigenvalue weighted by Crippen LogP contribution is -2.42. The van der Waals surface area contributed by atoms with Gasteiger partial charge in [-0.15, -0.1) is 0 Å². The lowest BCUT2D eigenvalue weighted by molar-refractivity contribution is 0.102. The third kappa shape index (κ3) is 4.75. The van der Waals surface area contributed by atoms with Gasteiger partial charge < -0.3 is 10.2 Å². The fourth-order valence-corrected chi connectivity index (χ4v) is 7.74. The quantitative estimate of drug-likeness (QED) is 0.463. The van der Waals surface area contributed by atoms with Crippen LogP contribution in [0.4, 0.5) is 0 Å². The molecular weight excluding hydrogens is 428 g/mol. The molecule has 0 aliphatic heterocycles. The molecule has 3 aliphatic rings. The van der Waals surface area contributed by atoms with Crippen LogP contribution < -0.4 is 0 Å². The molecule has 0 bridgehead atoms. The van der Waals surface area contributed by atoms with E-state index < -0.39 is 0 Å². The first-order chi connectivity index (χ1) is 16.8. The van der Waals surface area contributed by atoms with Gasteiger partial charge >= 0.3 is 0 Å². The van der Waals surface area contributed by atoms with E-state index in [0.29, 0.717) is 29.3 Å². The Morgan fingerprint density at radius 3 is 1.54 bits per heavy atom. The van der Waals surface area contributed by atoms with Crippen molar-refractivity contribution in [3.05, 3.63) is 58.7 Å². The number of phenols is 2. The van der Waals surface area contributed by atoms with E-state index in [1.54, 1.807) is 0 Å². The predicted molar refractivity (Wildman–Crippen MR) is 145 cm³/mol. The van der Waals surface area contributed by atoms with E-state index in [0.717, 1.165) is 12.8 Å². The summed E-state index contributed by atoms with van der Waals surface area (Å²) in [6.07, 6.45) is 15.9. The van der Waals surface area contributed by atoms with E-state index in [9.17, 15) is 10.2 Å². The molecular formula is C33H46O2. The molecule has 3 aliphatic carbocycles. The number of aromatic hydroxyl groups is 2. The Morgan fingerprint density at radius 1 is 0.657 bits per heavy atom. The summed E-state index contributed by atoms with van der Waals surface area (Å²) in [6.45, 7) is 7.30. The molecule has 2 N–H and O–H groups in total. The first-order valence-electron chi connectivity index (χ1n) is 14.5. The van der Waals surface area contributed by atoms with Crippen molar-refractivity contribution < 1.29 is 10.2 Å². The standard InChI is InChI=1S/C33H46O2/c1-23-18-19-33(22-32(23,2)3,26-14-16-30(34)28(20-26)24-10-6-4-7-11-24)27-15-17-31(35)29(21-27)25-12-8-5-9-13-25/h14-17,20-21,23-25,34-35H,4-13,18-19,22H2,1-3H3. The molecule has 0 aromatic heterocycles. The third-order valence-corrected chi connectivity index (χ3v) is 10.3. The van der Waals surface area contributed by atoms with Crippen molar-refractivity contribution in [1.29, 1.82) is 0 Å². The highest BCUT2D eigenvalue weighted by Crippen LogP contribution is 2.55. The molecule has 0 heterocycles. The van der Waals surface area contributed by atoms with Crippen molar-refractivity contribution >= 4 is 0 Å². The topological polar surface area (TPSA) is 40.5 Å². The summed E-state index contributed by atoms with van der Waals surface area (Å²) >= 11 is 0. The second-order valence-corrected chi connectivity index (χ2v) is 12.9. The van der Waals surface area contributed by atoms with Crippen LogP contribution in [0.5, 0.6) is 11.5 Å². The van der Waals surface area contributed by atoms with Crippen LogP contribution in [0.3, 0.4) is 0 Å². The van der Waals surface area contributed by atoms with Crippen LogP contribution in [0.2, 0.25) is 0 Å². The largest absolute Gasteiger partial charge is 0.508 e. The molecule has 0 amide bonds. The van der Waals surface area contributed by atoms with E-state index >= 15 is 0 Å². The van der Waals surface area contributed by atoms with Gasteiger partial charge in [-0.3, -0.25) is 0 Å². The summed E-state index contributed by atoms with van der Waals surface area (Å²) in [5, 5.41) is 21.8. The normalized spacial score (nSPS) is 25.4. The molecule has 5 rings (SSSR count). The van der Waals surface area contributed by atoms with Crippen LogP contribution >= 0.6 is 0 Å². The number of benzene rings is 2. The van der Waals surface area contributed by atoms with Gasteiger partial charge in [0.25, 0.3) is 0 Å². The van der Waals surface area contributed by atoms with Gasteiger partial charge in [0, 0.05) is 5.41 Å². The minimum Gasteiger partial charge on any atom is -0.508 e. The average Bonchev–Trinajstić information content (AvgIpc) is 2.87. The van der Waals surface area contributed by atoms with Crippen molar-refractivity contribution in [1.82, 2.24) is 0 Å². The fraction of sp³-hybridized carbons (Fsp3) is 0.636. The van der Waals surface area contributed by atoms with Crippen LogP contribution in [-0.4, -0.2) is 10.2 Å². The van der Waals surface area contributed by atoms with E-state index in [-0.39, 0.29) is 10.8 Å². The van der Waals surface area contributed by atoms with Crippen molar-refractivity contribution in [3.63, 3.8) is 0 Å². The molecule has 0 radical (unpaired) electrons. The van der Waals surface area contributed by atoms with Crippen LogP contribution in [-0.2, 0) is 5.41 Å². The van der Waals surface area contributed by atoms with Gasteiger partial charge in [-0.25, -0.2) is 0 Å². The highest BCUT2D eigenvalue weighted by atomic mass is 16.3. The Balaban J connectivity index is 1.62. The van der Waals surface area contributed by atoms with Gasteiger partial charge in [0.2, 0.25) is 0 Å². The second-order valence-electron chi connectivity index (χ2n) is 12.9. The second kappa shape index (κ2) is 9.83. The molecule has 2 heteroatoms. The van der Waals surface area contributed by atoms with E-state index in [2.05, 4.69) is 45.0 Å². The minimum atomic E-state index is -0.0791. The molecule has 2 aromatic rings. The maximum atomic E-state index is 10.9. The Morgan fingerprint density at radius 2 is 1.11 bits per heavy atom. The van der Waals surface area contributed by atoms with Gasteiger partial charge in [0.05, 0.1) is 0 Å². The number of hydrogen-bond acceptors (Lipinski definition) is 2. The third-order valence-electron chi connectivity index (χ3n) is 10.3. The zero-order valence-electron chi connectivity index (χ0n) is 22.3. The number of phenolic OH excluding ortho intramolecular Hbond substituents is 2. The average molecular weight is 475 g/mol. The highest BCUT2D eigenvalue weighted by molar-refractivity contribution is 5.50. The molecule has 3 saturated carbocycles. The van der Waals surface area contributed by atoms with Gasteiger partial charge in [0.1, 0.15) is 11.5 Å². The maximum Gasteiger partial charge on any atom is 0.119 e. The Kier molecular flexibility index (Phi) is 6.94. The van der Waals surface area contributed by atoms with E-state index in [1.807, 2.05) is 12.1 Å². The smallest absolute Gasteiger partial charge is 0.119 e.